The summed E-state index contributed by atoms with van der Waals surface area (Å²) >= 11 is 0. The van der Waals surface area contributed by atoms with Crippen LogP contribution in [-0.4, -0.2) is 5.91 Å². The number of amides is 1. The molecule has 166 valence electrons. The second kappa shape index (κ2) is 11.0. The lowest BCUT2D eigenvalue weighted by atomic mass is 10.1. The SMILES string of the molecule is O=C(Cc1ccc(NCc2cccc(Oc3ccccc3)c2)cc1)NCc1ccc(F)cc1. The van der Waals surface area contributed by atoms with Crippen LogP contribution < -0.4 is 15.4 Å². The first-order valence-electron chi connectivity index (χ1n) is 10.8. The first-order chi connectivity index (χ1) is 16.1. The summed E-state index contributed by atoms with van der Waals surface area (Å²) in [6.45, 7) is 1.04. The van der Waals surface area contributed by atoms with Crippen molar-refractivity contribution in [1.82, 2.24) is 5.32 Å². The van der Waals surface area contributed by atoms with Crippen LogP contribution in [0.4, 0.5) is 10.1 Å². The molecule has 0 bridgehead atoms. The number of carbonyl (C=O) groups is 1. The van der Waals surface area contributed by atoms with Crippen LogP contribution in [0.2, 0.25) is 0 Å². The lowest BCUT2D eigenvalue weighted by Crippen LogP contribution is -2.24. The molecule has 0 radical (unpaired) electrons. The van der Waals surface area contributed by atoms with Gasteiger partial charge < -0.3 is 15.4 Å². The summed E-state index contributed by atoms with van der Waals surface area (Å²) in [5.74, 6) is 1.24. The predicted molar refractivity (Wildman–Crippen MR) is 129 cm³/mol. The molecule has 4 nitrogen and oxygen atoms in total. The smallest absolute Gasteiger partial charge is 0.224 e. The van der Waals surface area contributed by atoms with Crippen molar-refractivity contribution in [2.24, 2.45) is 0 Å². The Balaban J connectivity index is 1.25. The Hall–Kier alpha value is -4.12. The number of benzene rings is 4. The highest BCUT2D eigenvalue weighted by Crippen LogP contribution is 2.22. The van der Waals surface area contributed by atoms with Crippen LogP contribution in [-0.2, 0) is 24.3 Å². The summed E-state index contributed by atoms with van der Waals surface area (Å²) in [6.07, 6.45) is 0.292. The van der Waals surface area contributed by atoms with Crippen molar-refractivity contribution in [2.45, 2.75) is 19.5 Å². The van der Waals surface area contributed by atoms with Crippen LogP contribution in [0.1, 0.15) is 16.7 Å². The zero-order chi connectivity index (χ0) is 22.9. The van der Waals surface area contributed by atoms with E-state index in [-0.39, 0.29) is 11.7 Å². The van der Waals surface area contributed by atoms with Gasteiger partial charge in [-0.25, -0.2) is 4.39 Å². The molecule has 0 aliphatic carbocycles. The Kier molecular flexibility index (Phi) is 7.33. The van der Waals surface area contributed by atoms with E-state index in [0.29, 0.717) is 19.5 Å². The Morgan fingerprint density at radius 3 is 2.15 bits per heavy atom. The average molecular weight is 441 g/mol. The van der Waals surface area contributed by atoms with Crippen molar-refractivity contribution >= 4 is 11.6 Å². The van der Waals surface area contributed by atoms with Crippen LogP contribution in [0, 0.1) is 5.82 Å². The molecule has 0 aliphatic heterocycles. The van der Waals surface area contributed by atoms with Crippen molar-refractivity contribution in [1.29, 1.82) is 0 Å². The number of hydrogen-bond donors (Lipinski definition) is 2. The first-order valence-corrected chi connectivity index (χ1v) is 10.8. The molecule has 0 atom stereocenters. The highest BCUT2D eigenvalue weighted by atomic mass is 19.1. The van der Waals surface area contributed by atoms with Crippen molar-refractivity contribution in [3.63, 3.8) is 0 Å². The summed E-state index contributed by atoms with van der Waals surface area (Å²) < 4.78 is 18.9. The quantitative estimate of drug-likeness (QED) is 0.331. The summed E-state index contributed by atoms with van der Waals surface area (Å²) in [7, 11) is 0. The predicted octanol–water partition coefficient (Wildman–Crippen LogP) is 6.09. The van der Waals surface area contributed by atoms with E-state index in [1.807, 2.05) is 78.9 Å². The van der Waals surface area contributed by atoms with Crippen LogP contribution in [0.3, 0.4) is 0 Å². The lowest BCUT2D eigenvalue weighted by molar-refractivity contribution is -0.120. The van der Waals surface area contributed by atoms with Gasteiger partial charge in [-0.3, -0.25) is 4.79 Å². The fourth-order valence-corrected chi connectivity index (χ4v) is 3.34. The van der Waals surface area contributed by atoms with Crippen LogP contribution >= 0.6 is 0 Å². The number of anilines is 1. The highest BCUT2D eigenvalue weighted by molar-refractivity contribution is 5.78. The first kappa shape index (κ1) is 22.1. The second-order valence-electron chi connectivity index (χ2n) is 7.69. The Labute approximate surface area is 193 Å². The number of halogens is 1. The van der Waals surface area contributed by atoms with Crippen molar-refractivity contribution in [3.05, 3.63) is 126 Å². The zero-order valence-corrected chi connectivity index (χ0v) is 18.1. The van der Waals surface area contributed by atoms with Gasteiger partial charge in [0.15, 0.2) is 0 Å². The molecule has 5 heteroatoms. The topological polar surface area (TPSA) is 50.4 Å². The molecule has 1 amide bonds. The molecule has 0 aromatic heterocycles. The van der Waals surface area contributed by atoms with E-state index < -0.39 is 0 Å². The van der Waals surface area contributed by atoms with Crippen LogP contribution in [0.5, 0.6) is 11.5 Å². The van der Waals surface area contributed by atoms with Gasteiger partial charge in [0.1, 0.15) is 17.3 Å². The fourth-order valence-electron chi connectivity index (χ4n) is 3.34. The maximum atomic E-state index is 13.0. The van der Waals surface area contributed by atoms with E-state index in [4.69, 9.17) is 4.74 Å². The van der Waals surface area contributed by atoms with Gasteiger partial charge in [-0.2, -0.15) is 0 Å². The molecule has 0 saturated carbocycles. The number of nitrogens with one attached hydrogen (secondary N) is 2. The third kappa shape index (κ3) is 6.94. The van der Waals surface area contributed by atoms with Crippen LogP contribution in [0.25, 0.3) is 0 Å². The van der Waals surface area contributed by atoms with E-state index in [1.165, 1.54) is 12.1 Å². The van der Waals surface area contributed by atoms with E-state index in [2.05, 4.69) is 10.6 Å². The molecule has 0 saturated heterocycles. The maximum absolute atomic E-state index is 13.0. The standard InChI is InChI=1S/C28H25FN2O2/c29-24-13-9-22(10-14-24)19-31-28(32)18-21-11-15-25(16-12-21)30-20-23-5-4-8-27(17-23)33-26-6-2-1-3-7-26/h1-17,30H,18-20H2,(H,31,32). The molecule has 0 spiro atoms. The Morgan fingerprint density at radius 2 is 1.39 bits per heavy atom. The molecule has 2 N–H and O–H groups in total. The van der Waals surface area contributed by atoms with E-state index in [9.17, 15) is 9.18 Å². The van der Waals surface area contributed by atoms with E-state index >= 15 is 0 Å². The molecular weight excluding hydrogens is 415 g/mol. The third-order valence-electron chi connectivity index (χ3n) is 5.10. The zero-order valence-electron chi connectivity index (χ0n) is 18.1. The van der Waals surface area contributed by atoms with Gasteiger partial charge in [0.05, 0.1) is 6.42 Å². The fraction of sp³-hybridized carbons (Fsp3) is 0.107. The molecule has 0 heterocycles. The minimum atomic E-state index is -0.285. The molecule has 4 aromatic carbocycles. The van der Waals surface area contributed by atoms with Gasteiger partial charge >= 0.3 is 0 Å². The van der Waals surface area contributed by atoms with Crippen molar-refractivity contribution < 1.29 is 13.9 Å². The van der Waals surface area contributed by atoms with E-state index in [1.54, 1.807) is 12.1 Å². The Bertz CT molecular complexity index is 1180. The van der Waals surface area contributed by atoms with Crippen LogP contribution in [0.15, 0.2) is 103 Å². The summed E-state index contributed by atoms with van der Waals surface area (Å²) in [5, 5.41) is 6.26. The minimum absolute atomic E-state index is 0.0738. The number of ether oxygens (including phenoxy) is 1. The molecule has 0 fully saturated rings. The largest absolute Gasteiger partial charge is 0.457 e. The lowest BCUT2D eigenvalue weighted by Gasteiger charge is -2.10. The highest BCUT2D eigenvalue weighted by Gasteiger charge is 2.05. The second-order valence-corrected chi connectivity index (χ2v) is 7.69. The monoisotopic (exact) mass is 440 g/mol. The Morgan fingerprint density at radius 1 is 0.697 bits per heavy atom. The molecular formula is C28H25FN2O2. The number of rotatable bonds is 9. The molecule has 4 aromatic rings. The van der Waals surface area contributed by atoms with Gasteiger partial charge in [0, 0.05) is 18.8 Å². The normalized spacial score (nSPS) is 10.5. The minimum Gasteiger partial charge on any atom is -0.457 e. The summed E-state index contributed by atoms with van der Waals surface area (Å²) in [6, 6.07) is 31.6. The number of hydrogen-bond acceptors (Lipinski definition) is 3. The number of carbonyl (C=O) groups excluding carboxylic acids is 1. The average Bonchev–Trinajstić information content (AvgIpc) is 2.84. The summed E-state index contributed by atoms with van der Waals surface area (Å²) in [5.41, 5.74) is 3.87. The van der Waals surface area contributed by atoms with Gasteiger partial charge in [-0.15, -0.1) is 0 Å². The van der Waals surface area contributed by atoms with Crippen molar-refractivity contribution in [2.75, 3.05) is 5.32 Å². The van der Waals surface area contributed by atoms with Gasteiger partial charge in [0.2, 0.25) is 5.91 Å². The van der Waals surface area contributed by atoms with Crippen molar-refractivity contribution in [3.8, 4) is 11.5 Å². The molecule has 33 heavy (non-hydrogen) atoms. The third-order valence-corrected chi connectivity index (χ3v) is 5.10. The number of para-hydroxylation sites is 1. The molecule has 4 rings (SSSR count). The molecule has 0 unspecified atom stereocenters. The maximum Gasteiger partial charge on any atom is 0.224 e. The van der Waals surface area contributed by atoms with Gasteiger partial charge in [-0.1, -0.05) is 54.6 Å². The summed E-state index contributed by atoms with van der Waals surface area (Å²) in [4.78, 5) is 12.2. The van der Waals surface area contributed by atoms with Gasteiger partial charge in [0.25, 0.3) is 0 Å². The van der Waals surface area contributed by atoms with E-state index in [0.717, 1.165) is 33.9 Å². The molecule has 0 aliphatic rings. The van der Waals surface area contributed by atoms with Gasteiger partial charge in [-0.05, 0) is 65.2 Å².